The van der Waals surface area contributed by atoms with Crippen molar-refractivity contribution in [3.63, 3.8) is 0 Å². The van der Waals surface area contributed by atoms with Gasteiger partial charge in [0.2, 0.25) is 11.8 Å². The van der Waals surface area contributed by atoms with Crippen LogP contribution in [0.25, 0.3) is 0 Å². The van der Waals surface area contributed by atoms with E-state index in [4.69, 9.17) is 0 Å². The molecule has 2 aromatic rings. The molecule has 6 nitrogen and oxygen atoms in total. The van der Waals surface area contributed by atoms with Gasteiger partial charge in [0.15, 0.2) is 0 Å². The van der Waals surface area contributed by atoms with Crippen molar-refractivity contribution in [1.29, 1.82) is 0 Å². The van der Waals surface area contributed by atoms with Gasteiger partial charge in [-0.15, -0.1) is 11.3 Å². The van der Waals surface area contributed by atoms with Crippen molar-refractivity contribution in [2.45, 2.75) is 44.8 Å². The third-order valence-corrected chi connectivity index (χ3v) is 6.01. The molecule has 0 bridgehead atoms. The smallest absolute Gasteiger partial charge is 0.223 e. The first-order valence-corrected chi connectivity index (χ1v) is 10.9. The van der Waals surface area contributed by atoms with E-state index in [0.717, 1.165) is 23.9 Å². The molecule has 1 aliphatic rings. The fraction of sp³-hybridized carbons (Fsp3) is 0.476. The molecule has 1 saturated heterocycles. The molecule has 9 heteroatoms. The number of carbonyl (C=O) groups excluding carboxylic acids is 2. The van der Waals surface area contributed by atoms with Crippen LogP contribution in [0.5, 0.6) is 0 Å². The third-order valence-electron chi connectivity index (χ3n) is 5.23. The Hall–Kier alpha value is -2.39. The summed E-state index contributed by atoms with van der Waals surface area (Å²) in [6, 6.07) is 3.28. The Morgan fingerprint density at radius 2 is 2.00 bits per heavy atom. The molecule has 162 valence electrons. The summed E-state index contributed by atoms with van der Waals surface area (Å²) >= 11 is 1.58. The molecule has 1 aromatic heterocycles. The van der Waals surface area contributed by atoms with Crippen molar-refractivity contribution >= 4 is 23.2 Å². The zero-order chi connectivity index (χ0) is 21.5. The van der Waals surface area contributed by atoms with Crippen molar-refractivity contribution in [3.05, 3.63) is 52.0 Å². The highest BCUT2D eigenvalue weighted by Gasteiger charge is 2.27. The summed E-state index contributed by atoms with van der Waals surface area (Å²) in [7, 11) is 1.75. The zero-order valence-corrected chi connectivity index (χ0v) is 17.7. The number of thiazole rings is 1. The molecule has 0 radical (unpaired) electrons. The van der Waals surface area contributed by atoms with Crippen LogP contribution in [-0.4, -0.2) is 41.3 Å². The molecule has 1 fully saturated rings. The minimum Gasteiger partial charge on any atom is -0.352 e. The highest BCUT2D eigenvalue weighted by molar-refractivity contribution is 7.09. The number of benzene rings is 1. The molecular weight excluding hydrogens is 410 g/mol. The number of carbonyl (C=O) groups is 2. The van der Waals surface area contributed by atoms with Crippen LogP contribution in [0.15, 0.2) is 29.8 Å². The van der Waals surface area contributed by atoms with Gasteiger partial charge in [0.05, 0.1) is 0 Å². The van der Waals surface area contributed by atoms with Gasteiger partial charge in [-0.2, -0.15) is 0 Å². The fourth-order valence-corrected chi connectivity index (χ4v) is 4.18. The highest BCUT2D eigenvalue weighted by Crippen LogP contribution is 2.19. The Bertz CT molecular complexity index is 842. The minimum atomic E-state index is -0.685. The van der Waals surface area contributed by atoms with Crippen LogP contribution in [-0.2, 0) is 22.7 Å². The van der Waals surface area contributed by atoms with Gasteiger partial charge in [-0.05, 0) is 30.5 Å². The van der Waals surface area contributed by atoms with Crippen LogP contribution in [0, 0.1) is 17.6 Å². The van der Waals surface area contributed by atoms with Crippen LogP contribution in [0.3, 0.4) is 0 Å². The van der Waals surface area contributed by atoms with E-state index in [0.29, 0.717) is 25.1 Å². The number of nitrogens with zero attached hydrogens (tertiary/aromatic N) is 2. The van der Waals surface area contributed by atoms with Crippen molar-refractivity contribution in [2.75, 3.05) is 13.6 Å². The quantitative estimate of drug-likeness (QED) is 0.730. The Kier molecular flexibility index (Phi) is 7.87. The second kappa shape index (κ2) is 10.6. The SMILES string of the molecule is CN1CC(NCc2nccs2)CCCC(C(=O)NCc2cc(F)cc(F)c2)CC1=O. The van der Waals surface area contributed by atoms with Crippen molar-refractivity contribution in [3.8, 4) is 0 Å². The molecule has 1 aliphatic heterocycles. The molecule has 2 amide bonds. The second-order valence-electron chi connectivity index (χ2n) is 7.61. The Morgan fingerprint density at radius 1 is 1.23 bits per heavy atom. The van der Waals surface area contributed by atoms with Gasteiger partial charge in [-0.25, -0.2) is 13.8 Å². The molecule has 30 heavy (non-hydrogen) atoms. The zero-order valence-electron chi connectivity index (χ0n) is 16.9. The van der Waals surface area contributed by atoms with Crippen LogP contribution in [0.2, 0.25) is 0 Å². The van der Waals surface area contributed by atoms with E-state index in [1.54, 1.807) is 29.5 Å². The average molecular weight is 437 g/mol. The van der Waals surface area contributed by atoms with E-state index < -0.39 is 17.6 Å². The maximum absolute atomic E-state index is 13.3. The van der Waals surface area contributed by atoms with E-state index in [-0.39, 0.29) is 30.8 Å². The molecular formula is C21H26F2N4O2S. The summed E-state index contributed by atoms with van der Waals surface area (Å²) in [6.07, 6.45) is 4.10. The van der Waals surface area contributed by atoms with Crippen molar-refractivity contribution in [2.24, 2.45) is 5.92 Å². The Morgan fingerprint density at radius 3 is 2.70 bits per heavy atom. The molecule has 0 saturated carbocycles. The third kappa shape index (κ3) is 6.56. The van der Waals surface area contributed by atoms with E-state index in [1.807, 2.05) is 5.38 Å². The maximum atomic E-state index is 13.3. The topological polar surface area (TPSA) is 74.3 Å². The minimum absolute atomic E-state index is 0.0199. The molecule has 2 unspecified atom stereocenters. The lowest BCUT2D eigenvalue weighted by molar-refractivity contribution is -0.135. The van der Waals surface area contributed by atoms with Gasteiger partial charge in [0.1, 0.15) is 16.6 Å². The second-order valence-corrected chi connectivity index (χ2v) is 8.58. The van der Waals surface area contributed by atoms with Crippen molar-refractivity contribution in [1.82, 2.24) is 20.5 Å². The Balaban J connectivity index is 1.55. The lowest BCUT2D eigenvalue weighted by Crippen LogP contribution is -2.41. The van der Waals surface area contributed by atoms with Gasteiger partial charge in [-0.3, -0.25) is 9.59 Å². The first-order valence-electron chi connectivity index (χ1n) is 9.99. The van der Waals surface area contributed by atoms with Gasteiger partial charge < -0.3 is 15.5 Å². The normalized spacial score (nSPS) is 20.4. The molecule has 2 heterocycles. The highest BCUT2D eigenvalue weighted by atomic mass is 32.1. The molecule has 2 N–H and O–H groups in total. The summed E-state index contributed by atoms with van der Waals surface area (Å²) in [5.41, 5.74) is 0.346. The average Bonchev–Trinajstić information content (AvgIpc) is 3.22. The molecule has 1 aromatic carbocycles. The molecule has 2 atom stereocenters. The largest absolute Gasteiger partial charge is 0.352 e. The van der Waals surface area contributed by atoms with Crippen LogP contribution in [0.1, 0.15) is 36.3 Å². The predicted molar refractivity (Wildman–Crippen MR) is 111 cm³/mol. The monoisotopic (exact) mass is 436 g/mol. The Labute approximate surface area is 178 Å². The van der Waals surface area contributed by atoms with Gasteiger partial charge in [-0.1, -0.05) is 6.42 Å². The van der Waals surface area contributed by atoms with E-state index in [9.17, 15) is 18.4 Å². The standard InChI is InChI=1S/C21H26F2N4O2S/c1-27-13-18(25-12-19-24-5-6-30-19)4-2-3-15(9-20(27)28)21(29)26-11-14-7-16(22)10-17(23)8-14/h5-8,10,15,18,25H,2-4,9,11-13H2,1H3,(H,26,29). The number of aromatic nitrogens is 1. The summed E-state index contributed by atoms with van der Waals surface area (Å²) in [5, 5.41) is 9.09. The summed E-state index contributed by atoms with van der Waals surface area (Å²) in [4.78, 5) is 31.1. The van der Waals surface area contributed by atoms with Gasteiger partial charge in [0, 0.05) is 62.7 Å². The fourth-order valence-electron chi connectivity index (χ4n) is 3.61. The first kappa shape index (κ1) is 22.3. The van der Waals surface area contributed by atoms with Crippen molar-refractivity contribution < 1.29 is 18.4 Å². The van der Waals surface area contributed by atoms with Gasteiger partial charge >= 0.3 is 0 Å². The molecule has 0 spiro atoms. The van der Waals surface area contributed by atoms with Gasteiger partial charge in [0.25, 0.3) is 0 Å². The predicted octanol–water partition coefficient (Wildman–Crippen LogP) is 2.84. The number of amides is 2. The van der Waals surface area contributed by atoms with Crippen LogP contribution >= 0.6 is 11.3 Å². The maximum Gasteiger partial charge on any atom is 0.223 e. The number of nitrogens with one attached hydrogen (secondary N) is 2. The van der Waals surface area contributed by atoms with Crippen LogP contribution in [0.4, 0.5) is 8.78 Å². The number of likely N-dealkylation sites (N-methyl/N-ethyl adjacent to an activating group) is 1. The summed E-state index contributed by atoms with van der Waals surface area (Å²) in [6.45, 7) is 1.24. The number of hydrogen-bond acceptors (Lipinski definition) is 5. The van der Waals surface area contributed by atoms with E-state index in [2.05, 4.69) is 15.6 Å². The molecule has 3 rings (SSSR count). The van der Waals surface area contributed by atoms with Crippen LogP contribution < -0.4 is 10.6 Å². The summed E-state index contributed by atoms with van der Waals surface area (Å²) in [5.74, 6) is -2.19. The van der Waals surface area contributed by atoms with E-state index in [1.165, 1.54) is 12.1 Å². The summed E-state index contributed by atoms with van der Waals surface area (Å²) < 4.78 is 26.6. The number of hydrogen-bond donors (Lipinski definition) is 2. The van der Waals surface area contributed by atoms with E-state index >= 15 is 0 Å². The lowest BCUT2D eigenvalue weighted by Gasteiger charge is -2.24. The number of rotatable bonds is 6. The lowest BCUT2D eigenvalue weighted by atomic mass is 9.96. The first-order chi connectivity index (χ1) is 14.4. The molecule has 0 aliphatic carbocycles. The number of halogens is 2.